The van der Waals surface area contributed by atoms with Crippen LogP contribution in [0, 0.1) is 10.1 Å². The van der Waals surface area contributed by atoms with Crippen LogP contribution < -0.4 is 5.32 Å². The smallest absolute Gasteiger partial charge is 0.410 e. The van der Waals surface area contributed by atoms with Crippen LogP contribution in [0.25, 0.3) is 0 Å². The molecule has 1 saturated heterocycles. The number of carbonyl (C=O) groups is 1. The minimum absolute atomic E-state index is 0.0677. The average molecular weight is 322 g/mol. The van der Waals surface area contributed by atoms with Crippen molar-refractivity contribution in [1.29, 1.82) is 0 Å². The zero-order chi connectivity index (χ0) is 17.0. The normalized spacial score (nSPS) is 18.4. The monoisotopic (exact) mass is 322 g/mol. The highest BCUT2D eigenvalue weighted by molar-refractivity contribution is 5.68. The van der Waals surface area contributed by atoms with Gasteiger partial charge < -0.3 is 15.0 Å². The first-order valence-electron chi connectivity index (χ1n) is 7.60. The van der Waals surface area contributed by atoms with E-state index >= 15 is 0 Å². The van der Waals surface area contributed by atoms with Gasteiger partial charge in [-0.3, -0.25) is 10.1 Å². The Morgan fingerprint density at radius 1 is 1.52 bits per heavy atom. The number of anilines is 1. The summed E-state index contributed by atoms with van der Waals surface area (Å²) in [6, 6.07) is 2.84. The summed E-state index contributed by atoms with van der Waals surface area (Å²) in [5, 5.41) is 14.1. The molecule has 1 aromatic rings. The van der Waals surface area contributed by atoms with Gasteiger partial charge in [0.05, 0.1) is 4.92 Å². The van der Waals surface area contributed by atoms with Gasteiger partial charge in [-0.05, 0) is 39.7 Å². The van der Waals surface area contributed by atoms with E-state index in [0.29, 0.717) is 13.1 Å². The second kappa shape index (κ2) is 6.80. The second-order valence-corrected chi connectivity index (χ2v) is 6.54. The van der Waals surface area contributed by atoms with Crippen molar-refractivity contribution < 1.29 is 14.5 Å². The van der Waals surface area contributed by atoms with Crippen LogP contribution in [-0.2, 0) is 4.74 Å². The molecule has 126 valence electrons. The molecule has 8 nitrogen and oxygen atoms in total. The summed E-state index contributed by atoms with van der Waals surface area (Å²) < 4.78 is 5.37. The van der Waals surface area contributed by atoms with Gasteiger partial charge in [0.15, 0.2) is 0 Å². The molecule has 0 aromatic carbocycles. The van der Waals surface area contributed by atoms with Gasteiger partial charge in [0.1, 0.15) is 5.60 Å². The van der Waals surface area contributed by atoms with Crippen LogP contribution in [0.2, 0.25) is 0 Å². The Hall–Kier alpha value is -2.38. The molecule has 1 atom stereocenters. The molecule has 1 N–H and O–H groups in total. The molecular formula is C15H22N4O4. The maximum absolute atomic E-state index is 12.1. The lowest BCUT2D eigenvalue weighted by molar-refractivity contribution is -0.384. The minimum atomic E-state index is -0.544. The Bertz CT molecular complexity index is 585. The first-order valence-corrected chi connectivity index (χ1v) is 7.60. The number of amides is 1. The molecule has 1 fully saturated rings. The lowest BCUT2D eigenvalue weighted by Crippen LogP contribution is -2.47. The maximum atomic E-state index is 12.1. The van der Waals surface area contributed by atoms with Gasteiger partial charge in [-0.15, -0.1) is 0 Å². The van der Waals surface area contributed by atoms with Crippen molar-refractivity contribution in [2.75, 3.05) is 18.4 Å². The van der Waals surface area contributed by atoms with E-state index in [-0.39, 0.29) is 23.6 Å². The van der Waals surface area contributed by atoms with Crippen LogP contribution in [0.5, 0.6) is 0 Å². The lowest BCUT2D eigenvalue weighted by Gasteiger charge is -2.34. The van der Waals surface area contributed by atoms with Crippen molar-refractivity contribution >= 4 is 17.6 Å². The fourth-order valence-corrected chi connectivity index (χ4v) is 2.44. The van der Waals surface area contributed by atoms with E-state index in [9.17, 15) is 14.9 Å². The van der Waals surface area contributed by atoms with E-state index in [4.69, 9.17) is 4.74 Å². The van der Waals surface area contributed by atoms with Crippen LogP contribution in [0.4, 0.5) is 16.3 Å². The van der Waals surface area contributed by atoms with Gasteiger partial charge in [-0.25, -0.2) is 9.78 Å². The number of nitrogens with one attached hydrogen (secondary N) is 1. The molecule has 2 rings (SSSR count). The third kappa shape index (κ3) is 4.80. The number of likely N-dealkylation sites (tertiary alicyclic amines) is 1. The summed E-state index contributed by atoms with van der Waals surface area (Å²) in [5.41, 5.74) is -0.612. The first kappa shape index (κ1) is 17.0. The van der Waals surface area contributed by atoms with E-state index in [1.807, 2.05) is 20.8 Å². The van der Waals surface area contributed by atoms with Crippen molar-refractivity contribution in [3.63, 3.8) is 0 Å². The number of nitrogens with zero attached hydrogens (tertiary/aromatic N) is 3. The molecule has 0 unspecified atom stereocenters. The number of rotatable bonds is 3. The van der Waals surface area contributed by atoms with Crippen molar-refractivity contribution in [2.24, 2.45) is 0 Å². The molecule has 0 saturated carbocycles. The molecular weight excluding hydrogens is 300 g/mol. The number of pyridine rings is 1. The van der Waals surface area contributed by atoms with Crippen LogP contribution in [0.15, 0.2) is 18.3 Å². The van der Waals surface area contributed by atoms with Crippen LogP contribution >= 0.6 is 0 Å². The van der Waals surface area contributed by atoms with E-state index in [1.54, 1.807) is 4.90 Å². The second-order valence-electron chi connectivity index (χ2n) is 6.54. The fraction of sp³-hybridized carbons (Fsp3) is 0.600. The highest BCUT2D eigenvalue weighted by atomic mass is 16.6. The summed E-state index contributed by atoms with van der Waals surface area (Å²) in [7, 11) is 0. The van der Waals surface area contributed by atoms with Gasteiger partial charge in [-0.2, -0.15) is 0 Å². The Morgan fingerprint density at radius 2 is 2.26 bits per heavy atom. The lowest BCUT2D eigenvalue weighted by atomic mass is 10.1. The number of ether oxygens (including phenoxy) is 1. The summed E-state index contributed by atoms with van der Waals surface area (Å²) >= 11 is 0. The van der Waals surface area contributed by atoms with Gasteiger partial charge in [0, 0.05) is 31.4 Å². The molecule has 2 heterocycles. The molecule has 0 bridgehead atoms. The fourth-order valence-electron chi connectivity index (χ4n) is 2.44. The number of hydrogen-bond donors (Lipinski definition) is 1. The molecule has 1 aliphatic heterocycles. The molecule has 0 spiro atoms. The van der Waals surface area contributed by atoms with E-state index < -0.39 is 10.5 Å². The van der Waals surface area contributed by atoms with Gasteiger partial charge in [-0.1, -0.05) is 0 Å². The highest BCUT2D eigenvalue weighted by Crippen LogP contribution is 2.24. The summed E-state index contributed by atoms with van der Waals surface area (Å²) in [6.07, 6.45) is 2.76. The van der Waals surface area contributed by atoms with E-state index in [2.05, 4.69) is 10.3 Å². The number of nitro groups is 1. The molecule has 1 amide bonds. The minimum Gasteiger partial charge on any atom is -0.444 e. The molecule has 23 heavy (non-hydrogen) atoms. The summed E-state index contributed by atoms with van der Waals surface area (Å²) in [5.74, 6) is 0.230. The van der Waals surface area contributed by atoms with Gasteiger partial charge in [0.25, 0.3) is 0 Å². The molecule has 0 aliphatic carbocycles. The zero-order valence-electron chi connectivity index (χ0n) is 13.6. The van der Waals surface area contributed by atoms with Gasteiger partial charge >= 0.3 is 11.8 Å². The quantitative estimate of drug-likeness (QED) is 0.679. The van der Waals surface area contributed by atoms with E-state index in [1.165, 1.54) is 18.3 Å². The van der Waals surface area contributed by atoms with Crippen molar-refractivity contribution in [2.45, 2.75) is 45.3 Å². The third-order valence-corrected chi connectivity index (χ3v) is 3.40. The molecule has 1 aromatic heterocycles. The molecule has 8 heteroatoms. The Balaban J connectivity index is 2.02. The number of piperidine rings is 1. The number of carbonyl (C=O) groups excluding carboxylic acids is 1. The summed E-state index contributed by atoms with van der Waals surface area (Å²) in [6.45, 7) is 6.52. The van der Waals surface area contributed by atoms with Crippen LogP contribution in [-0.4, -0.2) is 45.6 Å². The third-order valence-electron chi connectivity index (χ3n) is 3.40. The Morgan fingerprint density at radius 3 is 2.91 bits per heavy atom. The topological polar surface area (TPSA) is 97.6 Å². The highest BCUT2D eigenvalue weighted by Gasteiger charge is 2.28. The van der Waals surface area contributed by atoms with E-state index in [0.717, 1.165) is 12.8 Å². The average Bonchev–Trinajstić information content (AvgIpc) is 2.46. The number of hydrogen-bond acceptors (Lipinski definition) is 6. The molecule has 0 radical (unpaired) electrons. The van der Waals surface area contributed by atoms with Gasteiger partial charge in [0.2, 0.25) is 5.82 Å². The zero-order valence-corrected chi connectivity index (χ0v) is 13.6. The maximum Gasteiger partial charge on any atom is 0.410 e. The van der Waals surface area contributed by atoms with Crippen LogP contribution in [0.1, 0.15) is 33.6 Å². The van der Waals surface area contributed by atoms with Crippen LogP contribution in [0.3, 0.4) is 0 Å². The predicted molar refractivity (Wildman–Crippen MR) is 85.3 cm³/mol. The predicted octanol–water partition coefficient (Wildman–Crippen LogP) is 2.80. The standard InChI is InChI=1S/C15H22N4O4/c1-15(2,3)23-14(20)18-9-5-6-11(10-18)17-13-12(19(21)22)7-4-8-16-13/h4,7-8,11H,5-6,9-10H2,1-3H3,(H,16,17)/t11-/m1/s1. The Labute approximate surface area is 135 Å². The SMILES string of the molecule is CC(C)(C)OC(=O)N1CCC[C@@H](Nc2ncccc2[N+](=O)[O-])C1. The summed E-state index contributed by atoms with van der Waals surface area (Å²) in [4.78, 5) is 28.4. The molecule has 1 aliphatic rings. The first-order chi connectivity index (χ1) is 10.8. The van der Waals surface area contributed by atoms with Crippen molar-refractivity contribution in [3.05, 3.63) is 28.4 Å². The number of aromatic nitrogens is 1. The Kier molecular flexibility index (Phi) is 5.02. The largest absolute Gasteiger partial charge is 0.444 e. The van der Waals surface area contributed by atoms with Crippen molar-refractivity contribution in [3.8, 4) is 0 Å². The van der Waals surface area contributed by atoms with Crippen molar-refractivity contribution in [1.82, 2.24) is 9.88 Å².